The van der Waals surface area contributed by atoms with Crippen molar-refractivity contribution >= 4 is 16.9 Å². The molecule has 0 radical (unpaired) electrons. The number of aromatic nitrogens is 4. The molecule has 1 fully saturated rings. The number of nitrogens with one attached hydrogen (secondary N) is 1. The standard InChI is InChI=1S/C20H24N6O4/c1-3-4-26-17-16(18(27)22-20(26)29)10-14(11-21-17)19(28)25-7-5-24(6-8-25)12-15-9-13(2)23-30-15/h9-11H,3-8,12H2,1-2H3,(H,22,27,29). The molecule has 0 aliphatic carbocycles. The van der Waals surface area contributed by atoms with E-state index in [4.69, 9.17) is 4.52 Å². The quantitative estimate of drug-likeness (QED) is 0.657. The summed E-state index contributed by atoms with van der Waals surface area (Å²) >= 11 is 0. The van der Waals surface area contributed by atoms with Gasteiger partial charge in [0.15, 0.2) is 5.76 Å². The van der Waals surface area contributed by atoms with Gasteiger partial charge in [0.2, 0.25) is 0 Å². The lowest BCUT2D eigenvalue weighted by Crippen LogP contribution is -2.48. The van der Waals surface area contributed by atoms with Crippen LogP contribution in [0.4, 0.5) is 0 Å². The minimum Gasteiger partial charge on any atom is -0.360 e. The zero-order valence-electron chi connectivity index (χ0n) is 17.1. The number of hydrogen-bond acceptors (Lipinski definition) is 7. The number of carbonyl (C=O) groups excluding carboxylic acids is 1. The number of hydrogen-bond donors (Lipinski definition) is 1. The molecule has 30 heavy (non-hydrogen) atoms. The fraction of sp³-hybridized carbons (Fsp3) is 0.450. The van der Waals surface area contributed by atoms with Crippen molar-refractivity contribution in [2.75, 3.05) is 26.2 Å². The number of amides is 1. The maximum absolute atomic E-state index is 13.0. The Balaban J connectivity index is 1.50. The van der Waals surface area contributed by atoms with Crippen molar-refractivity contribution in [3.05, 3.63) is 56.2 Å². The van der Waals surface area contributed by atoms with E-state index in [2.05, 4.69) is 20.0 Å². The minimum atomic E-state index is -0.531. The van der Waals surface area contributed by atoms with E-state index in [1.54, 1.807) is 4.90 Å². The number of pyridine rings is 1. The van der Waals surface area contributed by atoms with Crippen molar-refractivity contribution in [1.82, 2.24) is 29.5 Å². The number of piperazine rings is 1. The maximum atomic E-state index is 13.0. The molecule has 4 rings (SSSR count). The molecule has 1 aliphatic heterocycles. The van der Waals surface area contributed by atoms with Gasteiger partial charge in [-0.2, -0.15) is 0 Å². The summed E-state index contributed by atoms with van der Waals surface area (Å²) in [6.07, 6.45) is 2.17. The summed E-state index contributed by atoms with van der Waals surface area (Å²) < 4.78 is 6.69. The molecule has 1 amide bonds. The zero-order valence-corrected chi connectivity index (χ0v) is 17.1. The first kappa shape index (κ1) is 20.0. The Morgan fingerprint density at radius 1 is 1.20 bits per heavy atom. The normalized spacial score (nSPS) is 15.1. The smallest absolute Gasteiger partial charge is 0.329 e. The number of aromatic amines is 1. The minimum absolute atomic E-state index is 0.174. The summed E-state index contributed by atoms with van der Waals surface area (Å²) in [5.41, 5.74) is 0.473. The van der Waals surface area contributed by atoms with Crippen LogP contribution in [0.5, 0.6) is 0 Å². The second-order valence-electron chi connectivity index (χ2n) is 7.51. The van der Waals surface area contributed by atoms with Crippen molar-refractivity contribution in [3.63, 3.8) is 0 Å². The molecule has 1 saturated heterocycles. The van der Waals surface area contributed by atoms with Crippen LogP contribution in [0.3, 0.4) is 0 Å². The van der Waals surface area contributed by atoms with Gasteiger partial charge in [-0.25, -0.2) is 9.78 Å². The molecule has 0 atom stereocenters. The van der Waals surface area contributed by atoms with Gasteiger partial charge in [0.05, 0.1) is 23.2 Å². The third kappa shape index (κ3) is 3.90. The molecular formula is C20H24N6O4. The van der Waals surface area contributed by atoms with Gasteiger partial charge in [-0.05, 0) is 19.4 Å². The molecule has 10 nitrogen and oxygen atoms in total. The molecule has 0 spiro atoms. The molecule has 0 saturated carbocycles. The lowest BCUT2D eigenvalue weighted by molar-refractivity contribution is 0.0617. The number of H-pyrrole nitrogens is 1. The highest BCUT2D eigenvalue weighted by atomic mass is 16.5. The first-order valence-electron chi connectivity index (χ1n) is 10.0. The molecule has 3 aromatic rings. The average molecular weight is 412 g/mol. The lowest BCUT2D eigenvalue weighted by Gasteiger charge is -2.34. The van der Waals surface area contributed by atoms with Crippen molar-refractivity contribution in [2.24, 2.45) is 0 Å². The fourth-order valence-electron chi connectivity index (χ4n) is 3.72. The van der Waals surface area contributed by atoms with Gasteiger partial charge in [0.25, 0.3) is 11.5 Å². The monoisotopic (exact) mass is 412 g/mol. The average Bonchev–Trinajstić information content (AvgIpc) is 3.15. The van der Waals surface area contributed by atoms with E-state index in [0.717, 1.165) is 17.9 Å². The summed E-state index contributed by atoms with van der Waals surface area (Å²) in [5, 5.41) is 4.14. The summed E-state index contributed by atoms with van der Waals surface area (Å²) in [5.74, 6) is 0.635. The molecule has 0 unspecified atom stereocenters. The van der Waals surface area contributed by atoms with E-state index in [1.807, 2.05) is 19.9 Å². The van der Waals surface area contributed by atoms with E-state index in [0.29, 0.717) is 50.5 Å². The Morgan fingerprint density at radius 3 is 2.63 bits per heavy atom. The number of fused-ring (bicyclic) bond motifs is 1. The lowest BCUT2D eigenvalue weighted by atomic mass is 10.2. The predicted molar refractivity (Wildman–Crippen MR) is 109 cm³/mol. The van der Waals surface area contributed by atoms with Gasteiger partial charge in [-0.1, -0.05) is 12.1 Å². The molecule has 0 aromatic carbocycles. The molecule has 1 N–H and O–H groups in total. The van der Waals surface area contributed by atoms with Crippen LogP contribution >= 0.6 is 0 Å². The number of nitrogens with zero attached hydrogens (tertiary/aromatic N) is 5. The highest BCUT2D eigenvalue weighted by Crippen LogP contribution is 2.14. The Hall–Kier alpha value is -3.27. The van der Waals surface area contributed by atoms with Crippen LogP contribution in [-0.2, 0) is 13.1 Å². The fourth-order valence-corrected chi connectivity index (χ4v) is 3.72. The molecular weight excluding hydrogens is 388 g/mol. The van der Waals surface area contributed by atoms with Crippen LogP contribution in [0.25, 0.3) is 11.0 Å². The molecule has 158 valence electrons. The Kier molecular flexibility index (Phi) is 5.49. The van der Waals surface area contributed by atoms with E-state index < -0.39 is 11.2 Å². The number of rotatable bonds is 5. The Labute approximate surface area is 172 Å². The van der Waals surface area contributed by atoms with E-state index in [-0.39, 0.29) is 11.3 Å². The third-order valence-corrected chi connectivity index (χ3v) is 5.24. The first-order chi connectivity index (χ1) is 14.5. The summed E-state index contributed by atoms with van der Waals surface area (Å²) in [7, 11) is 0. The Bertz CT molecular complexity index is 1190. The van der Waals surface area contributed by atoms with Gasteiger partial charge in [0, 0.05) is 45.0 Å². The molecule has 10 heteroatoms. The van der Waals surface area contributed by atoms with Crippen molar-refractivity contribution in [1.29, 1.82) is 0 Å². The van der Waals surface area contributed by atoms with Gasteiger partial charge in [-0.15, -0.1) is 0 Å². The van der Waals surface area contributed by atoms with Crippen molar-refractivity contribution < 1.29 is 9.32 Å². The highest BCUT2D eigenvalue weighted by Gasteiger charge is 2.24. The van der Waals surface area contributed by atoms with Crippen LogP contribution < -0.4 is 11.2 Å². The number of aryl methyl sites for hydroxylation is 2. The highest BCUT2D eigenvalue weighted by molar-refractivity contribution is 5.96. The summed E-state index contributed by atoms with van der Waals surface area (Å²) in [4.78, 5) is 47.8. The summed E-state index contributed by atoms with van der Waals surface area (Å²) in [6, 6.07) is 3.44. The van der Waals surface area contributed by atoms with Crippen molar-refractivity contribution in [3.8, 4) is 0 Å². The third-order valence-electron chi connectivity index (χ3n) is 5.24. The van der Waals surface area contributed by atoms with E-state index in [9.17, 15) is 14.4 Å². The molecule has 4 heterocycles. The van der Waals surface area contributed by atoms with Gasteiger partial charge in [0.1, 0.15) is 5.65 Å². The van der Waals surface area contributed by atoms with Gasteiger partial charge < -0.3 is 9.42 Å². The number of carbonyl (C=O) groups is 1. The second kappa shape index (κ2) is 8.23. The molecule has 3 aromatic heterocycles. The predicted octanol–water partition coefficient (Wildman–Crippen LogP) is 0.749. The summed E-state index contributed by atoms with van der Waals surface area (Å²) in [6.45, 7) is 7.47. The largest absolute Gasteiger partial charge is 0.360 e. The van der Waals surface area contributed by atoms with Crippen LogP contribution in [-0.4, -0.2) is 61.6 Å². The van der Waals surface area contributed by atoms with Gasteiger partial charge in [-0.3, -0.25) is 24.0 Å². The van der Waals surface area contributed by atoms with Crippen LogP contribution in [0.15, 0.2) is 32.4 Å². The first-order valence-corrected chi connectivity index (χ1v) is 10.0. The maximum Gasteiger partial charge on any atom is 0.329 e. The zero-order chi connectivity index (χ0) is 21.3. The van der Waals surface area contributed by atoms with Gasteiger partial charge >= 0.3 is 5.69 Å². The van der Waals surface area contributed by atoms with E-state index in [1.165, 1.54) is 16.8 Å². The van der Waals surface area contributed by atoms with Crippen LogP contribution in [0, 0.1) is 6.92 Å². The Morgan fingerprint density at radius 2 is 1.97 bits per heavy atom. The topological polar surface area (TPSA) is 117 Å². The second-order valence-corrected chi connectivity index (χ2v) is 7.51. The molecule has 1 aliphatic rings. The van der Waals surface area contributed by atoms with Crippen molar-refractivity contribution in [2.45, 2.75) is 33.4 Å². The van der Waals surface area contributed by atoms with Crippen LogP contribution in [0.1, 0.15) is 35.2 Å². The van der Waals surface area contributed by atoms with Crippen LogP contribution in [0.2, 0.25) is 0 Å². The van der Waals surface area contributed by atoms with E-state index >= 15 is 0 Å². The molecule has 0 bridgehead atoms. The SMILES string of the molecule is CCCn1c(=O)[nH]c(=O)c2cc(C(=O)N3CCN(Cc4cc(C)no4)CC3)cnc21.